The maximum absolute atomic E-state index is 13.1. The van der Waals surface area contributed by atoms with E-state index in [0.717, 1.165) is 25.9 Å². The number of aromatic nitrogens is 2. The molecule has 0 bridgehead atoms. The minimum atomic E-state index is -0.543. The summed E-state index contributed by atoms with van der Waals surface area (Å²) in [5, 5.41) is 1.98. The van der Waals surface area contributed by atoms with E-state index < -0.39 is 5.95 Å². The van der Waals surface area contributed by atoms with Crippen molar-refractivity contribution in [3.05, 3.63) is 18.3 Å². The lowest BCUT2D eigenvalue weighted by Gasteiger charge is -2.27. The van der Waals surface area contributed by atoms with E-state index in [0.29, 0.717) is 0 Å². The fourth-order valence-corrected chi connectivity index (χ4v) is 1.55. The highest BCUT2D eigenvalue weighted by molar-refractivity contribution is 5.30. The second-order valence-corrected chi connectivity index (χ2v) is 3.36. The van der Waals surface area contributed by atoms with Gasteiger partial charge in [-0.05, 0) is 12.8 Å². The van der Waals surface area contributed by atoms with Crippen molar-refractivity contribution in [2.45, 2.75) is 19.3 Å². The topological polar surface area (TPSA) is 41.1 Å². The molecular weight excluding hydrogens is 183 g/mol. The number of halogens is 1. The molecule has 0 unspecified atom stereocenters. The largest absolute Gasteiger partial charge is 0.299 e. The molecule has 14 heavy (non-hydrogen) atoms. The molecule has 0 amide bonds. The third kappa shape index (κ3) is 2.17. The van der Waals surface area contributed by atoms with Crippen LogP contribution < -0.4 is 5.43 Å². The number of anilines is 1. The molecule has 5 heteroatoms. The van der Waals surface area contributed by atoms with Gasteiger partial charge in [-0.3, -0.25) is 5.43 Å². The molecule has 1 fully saturated rings. The zero-order valence-electron chi connectivity index (χ0n) is 7.91. The second-order valence-electron chi connectivity index (χ2n) is 3.36. The summed E-state index contributed by atoms with van der Waals surface area (Å²) in [5.74, 6) is -0.326. The Bertz CT molecular complexity index is 299. The molecule has 1 aliphatic rings. The number of hydrogen-bond acceptors (Lipinski definition) is 4. The SMILES string of the molecule is Fc1nccnc1NN1CCCCC1. The first-order chi connectivity index (χ1) is 6.86. The Morgan fingerprint density at radius 3 is 2.57 bits per heavy atom. The maximum atomic E-state index is 13.1. The van der Waals surface area contributed by atoms with E-state index in [2.05, 4.69) is 15.4 Å². The van der Waals surface area contributed by atoms with Crippen LogP contribution in [-0.4, -0.2) is 28.1 Å². The van der Waals surface area contributed by atoms with Crippen molar-refractivity contribution in [1.29, 1.82) is 0 Å². The first-order valence-electron chi connectivity index (χ1n) is 4.84. The van der Waals surface area contributed by atoms with Gasteiger partial charge < -0.3 is 0 Å². The molecule has 1 aromatic rings. The van der Waals surface area contributed by atoms with Gasteiger partial charge in [-0.1, -0.05) is 6.42 Å². The van der Waals surface area contributed by atoms with Crippen LogP contribution in [0.25, 0.3) is 0 Å². The van der Waals surface area contributed by atoms with Gasteiger partial charge in [0, 0.05) is 25.5 Å². The van der Waals surface area contributed by atoms with Crippen LogP contribution in [0.4, 0.5) is 10.2 Å². The van der Waals surface area contributed by atoms with Crippen LogP contribution in [0.5, 0.6) is 0 Å². The summed E-state index contributed by atoms with van der Waals surface area (Å²) in [7, 11) is 0. The molecule has 1 aromatic heterocycles. The number of rotatable bonds is 2. The quantitative estimate of drug-likeness (QED) is 0.776. The fraction of sp³-hybridized carbons (Fsp3) is 0.556. The summed E-state index contributed by atoms with van der Waals surface area (Å²) in [6.45, 7) is 1.88. The Labute approximate surface area is 82.1 Å². The highest BCUT2D eigenvalue weighted by Crippen LogP contribution is 2.12. The van der Waals surface area contributed by atoms with E-state index in [1.54, 1.807) is 0 Å². The molecule has 2 heterocycles. The molecule has 0 aromatic carbocycles. The van der Waals surface area contributed by atoms with E-state index in [4.69, 9.17) is 0 Å². The van der Waals surface area contributed by atoms with Crippen molar-refractivity contribution in [2.75, 3.05) is 18.5 Å². The lowest BCUT2D eigenvalue weighted by Crippen LogP contribution is -2.35. The van der Waals surface area contributed by atoms with Crippen LogP contribution in [0.1, 0.15) is 19.3 Å². The molecule has 0 spiro atoms. The molecule has 0 saturated carbocycles. The molecule has 76 valence electrons. The van der Waals surface area contributed by atoms with E-state index in [9.17, 15) is 4.39 Å². The Balaban J connectivity index is 1.99. The van der Waals surface area contributed by atoms with Crippen LogP contribution in [0.2, 0.25) is 0 Å². The average molecular weight is 196 g/mol. The van der Waals surface area contributed by atoms with Gasteiger partial charge in [0.15, 0.2) is 5.82 Å². The molecule has 1 saturated heterocycles. The fourth-order valence-electron chi connectivity index (χ4n) is 1.55. The Hall–Kier alpha value is -1.23. The summed E-state index contributed by atoms with van der Waals surface area (Å²) in [4.78, 5) is 7.41. The normalized spacial score (nSPS) is 18.1. The van der Waals surface area contributed by atoms with Crippen molar-refractivity contribution in [1.82, 2.24) is 15.0 Å². The lowest BCUT2D eigenvalue weighted by atomic mass is 10.2. The number of hydrogen-bond donors (Lipinski definition) is 1. The van der Waals surface area contributed by atoms with E-state index in [1.165, 1.54) is 18.8 Å². The van der Waals surface area contributed by atoms with E-state index >= 15 is 0 Å². The third-order valence-corrected chi connectivity index (χ3v) is 2.27. The van der Waals surface area contributed by atoms with E-state index in [1.807, 2.05) is 5.01 Å². The monoisotopic (exact) mass is 196 g/mol. The Kier molecular flexibility index (Phi) is 2.88. The van der Waals surface area contributed by atoms with Crippen molar-refractivity contribution in [3.8, 4) is 0 Å². The van der Waals surface area contributed by atoms with Gasteiger partial charge in [-0.15, -0.1) is 0 Å². The van der Waals surface area contributed by atoms with Crippen LogP contribution >= 0.6 is 0 Å². The summed E-state index contributed by atoms with van der Waals surface area (Å²) in [5.41, 5.74) is 2.93. The van der Waals surface area contributed by atoms with Gasteiger partial charge in [-0.25, -0.2) is 15.0 Å². The van der Waals surface area contributed by atoms with Crippen molar-refractivity contribution < 1.29 is 4.39 Å². The van der Waals surface area contributed by atoms with Crippen molar-refractivity contribution in [3.63, 3.8) is 0 Å². The van der Waals surface area contributed by atoms with Crippen LogP contribution in [0.15, 0.2) is 12.4 Å². The van der Waals surface area contributed by atoms with Crippen LogP contribution in [0, 0.1) is 5.95 Å². The first kappa shape index (κ1) is 9.33. The van der Waals surface area contributed by atoms with Gasteiger partial charge in [0.25, 0.3) is 5.95 Å². The van der Waals surface area contributed by atoms with E-state index in [-0.39, 0.29) is 5.82 Å². The smallest absolute Gasteiger partial charge is 0.256 e. The summed E-state index contributed by atoms with van der Waals surface area (Å²) < 4.78 is 13.1. The molecule has 2 rings (SSSR count). The van der Waals surface area contributed by atoms with Crippen LogP contribution in [-0.2, 0) is 0 Å². The number of nitrogens with zero attached hydrogens (tertiary/aromatic N) is 3. The second kappa shape index (κ2) is 4.32. The zero-order valence-corrected chi connectivity index (χ0v) is 7.91. The molecule has 0 aliphatic carbocycles. The highest BCUT2D eigenvalue weighted by Gasteiger charge is 2.12. The predicted octanol–water partition coefficient (Wildman–Crippen LogP) is 1.43. The van der Waals surface area contributed by atoms with Gasteiger partial charge >= 0.3 is 0 Å². The van der Waals surface area contributed by atoms with Gasteiger partial charge in [0.2, 0.25) is 0 Å². The average Bonchev–Trinajstić information content (AvgIpc) is 2.23. The van der Waals surface area contributed by atoms with Gasteiger partial charge in [-0.2, -0.15) is 4.39 Å². The Morgan fingerprint density at radius 2 is 1.86 bits per heavy atom. The maximum Gasteiger partial charge on any atom is 0.256 e. The van der Waals surface area contributed by atoms with Gasteiger partial charge in [0.05, 0.1) is 0 Å². The van der Waals surface area contributed by atoms with Crippen molar-refractivity contribution >= 4 is 5.82 Å². The summed E-state index contributed by atoms with van der Waals surface area (Å²) >= 11 is 0. The standard InChI is InChI=1S/C9H13FN4/c10-8-9(12-5-4-11-8)13-14-6-2-1-3-7-14/h4-5H,1-3,6-7H2,(H,12,13). The molecule has 1 aliphatic heterocycles. The van der Waals surface area contributed by atoms with Crippen LogP contribution in [0.3, 0.4) is 0 Å². The molecular formula is C9H13FN4. The molecule has 0 atom stereocenters. The first-order valence-corrected chi connectivity index (χ1v) is 4.84. The molecule has 1 N–H and O–H groups in total. The minimum absolute atomic E-state index is 0.217. The Morgan fingerprint density at radius 1 is 1.14 bits per heavy atom. The highest BCUT2D eigenvalue weighted by atomic mass is 19.1. The van der Waals surface area contributed by atoms with Crippen molar-refractivity contribution in [2.24, 2.45) is 0 Å². The minimum Gasteiger partial charge on any atom is -0.299 e. The number of piperidine rings is 1. The number of nitrogens with one attached hydrogen (secondary N) is 1. The lowest BCUT2D eigenvalue weighted by molar-refractivity contribution is 0.270. The molecule has 4 nitrogen and oxygen atoms in total. The zero-order chi connectivity index (χ0) is 9.80. The number of hydrazine groups is 1. The predicted molar refractivity (Wildman–Crippen MR) is 51.0 cm³/mol. The summed E-state index contributed by atoms with van der Waals surface area (Å²) in [6.07, 6.45) is 6.37. The summed E-state index contributed by atoms with van der Waals surface area (Å²) in [6, 6.07) is 0. The molecule has 0 radical (unpaired) electrons. The van der Waals surface area contributed by atoms with Gasteiger partial charge in [0.1, 0.15) is 0 Å². The third-order valence-electron chi connectivity index (χ3n) is 2.27.